The maximum atomic E-state index is 11.5. The van der Waals surface area contributed by atoms with Crippen LogP contribution < -0.4 is 10.1 Å². The van der Waals surface area contributed by atoms with Crippen molar-refractivity contribution in [2.75, 3.05) is 20.2 Å². The normalized spacial score (nSPS) is 20.3. The highest BCUT2D eigenvalue weighted by molar-refractivity contribution is 5.73. The third kappa shape index (κ3) is 4.25. The van der Waals surface area contributed by atoms with E-state index in [4.69, 9.17) is 4.74 Å². The second kappa shape index (κ2) is 8.36. The van der Waals surface area contributed by atoms with Crippen molar-refractivity contribution in [3.8, 4) is 11.4 Å². The minimum atomic E-state index is 0.0534. The first-order valence-electron chi connectivity index (χ1n) is 9.26. The topological polar surface area (TPSA) is 59.4 Å². The Kier molecular flexibility index (Phi) is 5.93. The molecule has 1 saturated heterocycles. The maximum absolute atomic E-state index is 11.5. The van der Waals surface area contributed by atoms with Crippen molar-refractivity contribution in [3.05, 3.63) is 42.5 Å². The Morgan fingerprint density at radius 3 is 2.73 bits per heavy atom. The summed E-state index contributed by atoms with van der Waals surface area (Å²) in [5.41, 5.74) is 1.07. The number of likely N-dealkylation sites (tertiary alicyclic amines) is 1. The molecular weight excluding hydrogens is 328 g/mol. The third-order valence-corrected chi connectivity index (χ3v) is 5.00. The Bertz CT molecular complexity index is 726. The van der Waals surface area contributed by atoms with Gasteiger partial charge in [-0.05, 0) is 36.6 Å². The SMILES string of the molecule is CCCC1CN(Cc2nccn2-c2ccc(OC)cc2)CC1NC(C)=O. The predicted molar refractivity (Wildman–Crippen MR) is 101 cm³/mol. The van der Waals surface area contributed by atoms with Gasteiger partial charge in [-0.15, -0.1) is 0 Å². The first kappa shape index (κ1) is 18.5. The fraction of sp³-hybridized carbons (Fsp3) is 0.500. The van der Waals surface area contributed by atoms with Gasteiger partial charge in [0, 0.05) is 44.1 Å². The van der Waals surface area contributed by atoms with Crippen LogP contribution in [0.5, 0.6) is 5.75 Å². The highest BCUT2D eigenvalue weighted by atomic mass is 16.5. The molecule has 0 saturated carbocycles. The van der Waals surface area contributed by atoms with E-state index < -0.39 is 0 Å². The molecule has 0 aliphatic carbocycles. The fourth-order valence-electron chi connectivity index (χ4n) is 3.81. The molecule has 0 bridgehead atoms. The standard InChI is InChI=1S/C20H28N4O2/c1-4-5-16-12-23(13-19(16)22-15(2)25)14-20-21-10-11-24(20)17-6-8-18(26-3)9-7-17/h6-11,16,19H,4-5,12-14H2,1-3H3,(H,22,25). The summed E-state index contributed by atoms with van der Waals surface area (Å²) in [7, 11) is 1.67. The van der Waals surface area contributed by atoms with Crippen molar-refractivity contribution >= 4 is 5.91 Å². The van der Waals surface area contributed by atoms with E-state index in [1.54, 1.807) is 14.0 Å². The Morgan fingerprint density at radius 2 is 2.08 bits per heavy atom. The summed E-state index contributed by atoms with van der Waals surface area (Å²) in [6.45, 7) is 6.44. The first-order valence-corrected chi connectivity index (χ1v) is 9.26. The molecule has 1 aromatic carbocycles. The quantitative estimate of drug-likeness (QED) is 0.828. The van der Waals surface area contributed by atoms with Crippen molar-refractivity contribution in [1.82, 2.24) is 19.8 Å². The average Bonchev–Trinajstić information content (AvgIpc) is 3.22. The van der Waals surface area contributed by atoms with Crippen LogP contribution in [-0.4, -0.2) is 46.6 Å². The minimum Gasteiger partial charge on any atom is -0.497 e. The Hall–Kier alpha value is -2.34. The molecule has 6 heteroatoms. The number of nitrogens with one attached hydrogen (secondary N) is 1. The molecule has 1 aliphatic rings. The fourth-order valence-corrected chi connectivity index (χ4v) is 3.81. The van der Waals surface area contributed by atoms with Gasteiger partial charge in [-0.3, -0.25) is 9.69 Å². The lowest BCUT2D eigenvalue weighted by Gasteiger charge is -2.18. The van der Waals surface area contributed by atoms with Gasteiger partial charge in [0.1, 0.15) is 11.6 Å². The highest BCUT2D eigenvalue weighted by Crippen LogP contribution is 2.24. The first-order chi connectivity index (χ1) is 12.6. The molecule has 1 aliphatic heterocycles. The molecule has 2 atom stereocenters. The third-order valence-electron chi connectivity index (χ3n) is 5.00. The molecule has 0 spiro atoms. The van der Waals surface area contributed by atoms with Gasteiger partial charge in [0.2, 0.25) is 5.91 Å². The van der Waals surface area contributed by atoms with Gasteiger partial charge in [0.25, 0.3) is 0 Å². The van der Waals surface area contributed by atoms with Gasteiger partial charge in [-0.2, -0.15) is 0 Å². The zero-order chi connectivity index (χ0) is 18.5. The molecule has 1 aromatic heterocycles. The highest BCUT2D eigenvalue weighted by Gasteiger charge is 2.33. The smallest absolute Gasteiger partial charge is 0.217 e. The molecule has 1 fully saturated rings. The Balaban J connectivity index is 1.71. The second-order valence-corrected chi connectivity index (χ2v) is 6.96. The van der Waals surface area contributed by atoms with E-state index in [1.165, 1.54) is 0 Å². The number of carbonyl (C=O) groups is 1. The van der Waals surface area contributed by atoms with E-state index in [9.17, 15) is 4.79 Å². The lowest BCUT2D eigenvalue weighted by Crippen LogP contribution is -2.39. The molecular formula is C20H28N4O2. The van der Waals surface area contributed by atoms with Crippen molar-refractivity contribution in [3.63, 3.8) is 0 Å². The number of hydrogen-bond acceptors (Lipinski definition) is 4. The van der Waals surface area contributed by atoms with Crippen LogP contribution in [0.4, 0.5) is 0 Å². The van der Waals surface area contributed by atoms with Gasteiger partial charge in [0.15, 0.2) is 0 Å². The minimum absolute atomic E-state index is 0.0534. The monoisotopic (exact) mass is 356 g/mol. The van der Waals surface area contributed by atoms with E-state index >= 15 is 0 Å². The number of hydrogen-bond donors (Lipinski definition) is 1. The van der Waals surface area contributed by atoms with Gasteiger partial charge >= 0.3 is 0 Å². The van der Waals surface area contributed by atoms with E-state index in [0.717, 1.165) is 49.7 Å². The van der Waals surface area contributed by atoms with Crippen LogP contribution in [0.1, 0.15) is 32.5 Å². The lowest BCUT2D eigenvalue weighted by atomic mass is 9.98. The molecule has 2 aromatic rings. The summed E-state index contributed by atoms with van der Waals surface area (Å²) >= 11 is 0. The van der Waals surface area contributed by atoms with Crippen LogP contribution in [-0.2, 0) is 11.3 Å². The summed E-state index contributed by atoms with van der Waals surface area (Å²) in [6, 6.07) is 8.22. The van der Waals surface area contributed by atoms with Crippen molar-refractivity contribution in [1.29, 1.82) is 0 Å². The van der Waals surface area contributed by atoms with E-state index in [0.29, 0.717) is 5.92 Å². The number of amides is 1. The largest absolute Gasteiger partial charge is 0.497 e. The molecule has 1 amide bonds. The summed E-state index contributed by atoms with van der Waals surface area (Å²) in [6.07, 6.45) is 6.09. The summed E-state index contributed by atoms with van der Waals surface area (Å²) in [4.78, 5) is 18.5. The zero-order valence-corrected chi connectivity index (χ0v) is 15.8. The summed E-state index contributed by atoms with van der Waals surface area (Å²) < 4.78 is 7.35. The van der Waals surface area contributed by atoms with Crippen molar-refractivity contribution < 1.29 is 9.53 Å². The second-order valence-electron chi connectivity index (χ2n) is 6.96. The lowest BCUT2D eigenvalue weighted by molar-refractivity contribution is -0.119. The average molecular weight is 356 g/mol. The van der Waals surface area contributed by atoms with Crippen molar-refractivity contribution in [2.45, 2.75) is 39.3 Å². The maximum Gasteiger partial charge on any atom is 0.217 e. The number of rotatable bonds is 7. The van der Waals surface area contributed by atoms with Gasteiger partial charge in [-0.25, -0.2) is 4.98 Å². The van der Waals surface area contributed by atoms with Gasteiger partial charge in [-0.1, -0.05) is 13.3 Å². The number of aromatic nitrogens is 2. The molecule has 0 radical (unpaired) electrons. The van der Waals surface area contributed by atoms with Crippen LogP contribution in [0.2, 0.25) is 0 Å². The van der Waals surface area contributed by atoms with Gasteiger partial charge < -0.3 is 14.6 Å². The molecule has 3 rings (SSSR count). The summed E-state index contributed by atoms with van der Waals surface area (Å²) in [5, 5.41) is 3.12. The van der Waals surface area contributed by atoms with Crippen LogP contribution in [0.25, 0.3) is 5.69 Å². The predicted octanol–water partition coefficient (Wildman–Crippen LogP) is 2.62. The number of carbonyl (C=O) groups excluding carboxylic acids is 1. The molecule has 6 nitrogen and oxygen atoms in total. The van der Waals surface area contributed by atoms with E-state index in [2.05, 4.69) is 26.7 Å². The van der Waals surface area contributed by atoms with Crippen LogP contribution in [0.15, 0.2) is 36.7 Å². The van der Waals surface area contributed by atoms with E-state index in [1.807, 2.05) is 36.7 Å². The zero-order valence-electron chi connectivity index (χ0n) is 15.8. The molecule has 1 N–H and O–H groups in total. The van der Waals surface area contributed by atoms with Gasteiger partial charge in [0.05, 0.1) is 13.7 Å². The molecule has 26 heavy (non-hydrogen) atoms. The van der Waals surface area contributed by atoms with Crippen LogP contribution in [0.3, 0.4) is 0 Å². The Labute approximate surface area is 155 Å². The molecule has 2 unspecified atom stereocenters. The molecule has 140 valence electrons. The van der Waals surface area contributed by atoms with Crippen molar-refractivity contribution in [2.24, 2.45) is 5.92 Å². The van der Waals surface area contributed by atoms with E-state index in [-0.39, 0.29) is 11.9 Å². The number of ether oxygens (including phenoxy) is 1. The Morgan fingerprint density at radius 1 is 1.31 bits per heavy atom. The van der Waals surface area contributed by atoms with Crippen LogP contribution >= 0.6 is 0 Å². The molecule has 2 heterocycles. The number of imidazole rings is 1. The van der Waals surface area contributed by atoms with Crippen LogP contribution in [0, 0.1) is 5.92 Å². The number of nitrogens with zero attached hydrogens (tertiary/aromatic N) is 3. The number of benzene rings is 1. The summed E-state index contributed by atoms with van der Waals surface area (Å²) in [5.74, 6) is 2.41. The number of methoxy groups -OCH3 is 1.